The van der Waals surface area contributed by atoms with Crippen molar-refractivity contribution in [2.75, 3.05) is 13.2 Å². The van der Waals surface area contributed by atoms with E-state index in [0.717, 1.165) is 37.7 Å². The first-order valence-electron chi connectivity index (χ1n) is 13.1. The number of rotatable bonds is 19. The molecule has 6 heteroatoms. The van der Waals surface area contributed by atoms with Crippen molar-refractivity contribution in [2.24, 2.45) is 0 Å². The van der Waals surface area contributed by atoms with Crippen LogP contribution in [0.15, 0.2) is 36.7 Å². The van der Waals surface area contributed by atoms with E-state index in [1.165, 1.54) is 19.3 Å². The number of benzene rings is 1. The van der Waals surface area contributed by atoms with Crippen LogP contribution in [0.4, 0.5) is 8.78 Å². The van der Waals surface area contributed by atoms with Gasteiger partial charge in [-0.15, -0.1) is 0 Å². The highest BCUT2D eigenvalue weighted by Gasteiger charge is 2.09. The van der Waals surface area contributed by atoms with Crippen molar-refractivity contribution in [2.45, 2.75) is 103 Å². The molecule has 2 unspecified atom stereocenters. The summed E-state index contributed by atoms with van der Waals surface area (Å²) in [6, 6.07) is 7.47. The van der Waals surface area contributed by atoms with E-state index in [2.05, 4.69) is 23.8 Å². The summed E-state index contributed by atoms with van der Waals surface area (Å²) >= 11 is 0. The third-order valence-corrected chi connectivity index (χ3v) is 5.88. The van der Waals surface area contributed by atoms with E-state index in [9.17, 15) is 8.78 Å². The lowest BCUT2D eigenvalue weighted by Gasteiger charge is -2.11. The van der Waals surface area contributed by atoms with E-state index in [-0.39, 0.29) is 0 Å². The molecule has 0 aliphatic heterocycles. The number of hydrogen-bond acceptors (Lipinski definition) is 4. The molecule has 1 aromatic carbocycles. The summed E-state index contributed by atoms with van der Waals surface area (Å²) in [4.78, 5) is 8.70. The van der Waals surface area contributed by atoms with Gasteiger partial charge in [0.1, 0.15) is 18.1 Å². The zero-order valence-corrected chi connectivity index (χ0v) is 21.0. The highest BCUT2D eigenvalue weighted by Crippen LogP contribution is 2.21. The summed E-state index contributed by atoms with van der Waals surface area (Å²) in [5.41, 5.74) is 0.856. The Hall–Kier alpha value is -2.24. The zero-order valence-electron chi connectivity index (χ0n) is 21.0. The molecule has 0 aliphatic rings. The zero-order chi connectivity index (χ0) is 24.4. The van der Waals surface area contributed by atoms with Gasteiger partial charge in [-0.25, -0.2) is 18.7 Å². The second-order valence-corrected chi connectivity index (χ2v) is 8.93. The van der Waals surface area contributed by atoms with Crippen molar-refractivity contribution < 1.29 is 18.3 Å². The minimum atomic E-state index is -0.821. The molecular formula is C28H42F2N2O2. The van der Waals surface area contributed by atoms with Gasteiger partial charge >= 0.3 is 0 Å². The molecule has 2 aromatic rings. The summed E-state index contributed by atoms with van der Waals surface area (Å²) in [7, 11) is 0. The Bertz CT molecular complexity index is 756. The van der Waals surface area contributed by atoms with Crippen LogP contribution in [0.3, 0.4) is 0 Å². The first-order chi connectivity index (χ1) is 16.6. The summed E-state index contributed by atoms with van der Waals surface area (Å²) in [6.07, 6.45) is 12.4. The number of hydrogen-bond donors (Lipinski definition) is 0. The Morgan fingerprint density at radius 1 is 0.647 bits per heavy atom. The van der Waals surface area contributed by atoms with Crippen molar-refractivity contribution in [1.82, 2.24) is 9.97 Å². The maximum atomic E-state index is 14.0. The van der Waals surface area contributed by atoms with Gasteiger partial charge in [-0.2, -0.15) is 0 Å². The van der Waals surface area contributed by atoms with E-state index in [1.807, 2.05) is 24.3 Å². The SMILES string of the molecule is CCCCCCCC(F)CCOc1ccc(-c2ncc(OCCC(F)CCCCC)cn2)cc1. The molecule has 1 aromatic heterocycles. The van der Waals surface area contributed by atoms with Crippen molar-refractivity contribution in [3.63, 3.8) is 0 Å². The number of alkyl halides is 2. The van der Waals surface area contributed by atoms with Crippen molar-refractivity contribution in [3.8, 4) is 22.9 Å². The molecule has 2 atom stereocenters. The van der Waals surface area contributed by atoms with Gasteiger partial charge in [0.05, 0.1) is 25.6 Å². The van der Waals surface area contributed by atoms with Gasteiger partial charge in [0.25, 0.3) is 0 Å². The Balaban J connectivity index is 1.67. The average molecular weight is 477 g/mol. The fourth-order valence-electron chi connectivity index (χ4n) is 3.72. The molecule has 0 saturated heterocycles. The van der Waals surface area contributed by atoms with Gasteiger partial charge in [0.2, 0.25) is 0 Å². The first kappa shape index (κ1) is 28.0. The second-order valence-electron chi connectivity index (χ2n) is 8.93. The Labute approximate surface area is 204 Å². The molecule has 0 radical (unpaired) electrons. The minimum Gasteiger partial charge on any atom is -0.493 e. The first-order valence-corrected chi connectivity index (χ1v) is 13.1. The molecule has 34 heavy (non-hydrogen) atoms. The molecule has 190 valence electrons. The standard InChI is InChI=1S/C28H42F2N2O2/c1-3-5-7-8-10-12-25(30)17-19-33-26-15-13-23(14-16-26)28-31-21-27(22-32-28)34-20-18-24(29)11-9-6-4-2/h13-16,21-22,24-25H,3-12,17-20H2,1-2H3. The second kappa shape index (κ2) is 17.2. The van der Waals surface area contributed by atoms with E-state index in [0.29, 0.717) is 56.2 Å². The highest BCUT2D eigenvalue weighted by atomic mass is 19.1. The van der Waals surface area contributed by atoms with Gasteiger partial charge in [-0.3, -0.25) is 0 Å². The fraction of sp³-hybridized carbons (Fsp3) is 0.643. The summed E-state index contributed by atoms with van der Waals surface area (Å²) < 4.78 is 39.1. The lowest BCUT2D eigenvalue weighted by atomic mass is 10.1. The molecule has 0 bridgehead atoms. The van der Waals surface area contributed by atoms with E-state index in [4.69, 9.17) is 9.47 Å². The van der Waals surface area contributed by atoms with Crippen LogP contribution < -0.4 is 9.47 Å². The van der Waals surface area contributed by atoms with Crippen LogP contribution in [0.1, 0.15) is 90.9 Å². The molecule has 4 nitrogen and oxygen atoms in total. The van der Waals surface area contributed by atoms with Crippen LogP contribution in [0.2, 0.25) is 0 Å². The maximum Gasteiger partial charge on any atom is 0.159 e. The van der Waals surface area contributed by atoms with Gasteiger partial charge in [0, 0.05) is 18.4 Å². The number of aromatic nitrogens is 2. The van der Waals surface area contributed by atoms with Crippen LogP contribution in [-0.2, 0) is 0 Å². The summed E-state index contributed by atoms with van der Waals surface area (Å²) in [5, 5.41) is 0. The van der Waals surface area contributed by atoms with Crippen LogP contribution in [0.5, 0.6) is 11.5 Å². The largest absolute Gasteiger partial charge is 0.493 e. The van der Waals surface area contributed by atoms with Crippen molar-refractivity contribution in [3.05, 3.63) is 36.7 Å². The van der Waals surface area contributed by atoms with Crippen LogP contribution in [0.25, 0.3) is 11.4 Å². The Kier molecular flexibility index (Phi) is 14.2. The van der Waals surface area contributed by atoms with Gasteiger partial charge in [-0.1, -0.05) is 65.2 Å². The molecule has 0 aliphatic carbocycles. The molecule has 0 amide bonds. The lowest BCUT2D eigenvalue weighted by molar-refractivity contribution is 0.221. The highest BCUT2D eigenvalue weighted by molar-refractivity contribution is 5.56. The molecule has 1 heterocycles. The van der Waals surface area contributed by atoms with Crippen molar-refractivity contribution >= 4 is 0 Å². The van der Waals surface area contributed by atoms with Gasteiger partial charge in [-0.05, 0) is 37.1 Å². The summed E-state index contributed by atoms with van der Waals surface area (Å²) in [6.45, 7) is 4.99. The molecule has 0 spiro atoms. The lowest BCUT2D eigenvalue weighted by Crippen LogP contribution is -2.08. The number of halogens is 2. The number of nitrogens with zero attached hydrogens (tertiary/aromatic N) is 2. The van der Waals surface area contributed by atoms with Gasteiger partial charge in [0.15, 0.2) is 11.6 Å². The number of ether oxygens (including phenoxy) is 2. The van der Waals surface area contributed by atoms with Crippen LogP contribution in [0, 0.1) is 0 Å². The maximum absolute atomic E-state index is 14.0. The molecule has 2 rings (SSSR count). The smallest absolute Gasteiger partial charge is 0.159 e. The topological polar surface area (TPSA) is 44.2 Å². The van der Waals surface area contributed by atoms with Crippen molar-refractivity contribution in [1.29, 1.82) is 0 Å². The van der Waals surface area contributed by atoms with Gasteiger partial charge < -0.3 is 9.47 Å². The van der Waals surface area contributed by atoms with Crippen LogP contribution >= 0.6 is 0 Å². The quantitative estimate of drug-likeness (QED) is 0.191. The normalized spacial score (nSPS) is 12.9. The third-order valence-electron chi connectivity index (χ3n) is 5.88. The Morgan fingerprint density at radius 3 is 1.74 bits per heavy atom. The van der Waals surface area contributed by atoms with E-state index >= 15 is 0 Å². The summed E-state index contributed by atoms with van der Waals surface area (Å²) in [5.74, 6) is 1.82. The van der Waals surface area contributed by atoms with E-state index < -0.39 is 12.3 Å². The predicted molar refractivity (Wildman–Crippen MR) is 135 cm³/mol. The monoisotopic (exact) mass is 476 g/mol. The predicted octanol–water partition coefficient (Wildman–Crippen LogP) is 8.30. The van der Waals surface area contributed by atoms with E-state index in [1.54, 1.807) is 12.4 Å². The fourth-order valence-corrected chi connectivity index (χ4v) is 3.72. The average Bonchev–Trinajstić information content (AvgIpc) is 2.85. The number of unbranched alkanes of at least 4 members (excludes halogenated alkanes) is 6. The molecular weight excluding hydrogens is 434 g/mol. The molecule has 0 fully saturated rings. The van der Waals surface area contributed by atoms with Crippen LogP contribution in [-0.4, -0.2) is 35.5 Å². The molecule has 0 saturated carbocycles. The third kappa shape index (κ3) is 11.8. The Morgan fingerprint density at radius 2 is 1.15 bits per heavy atom. The molecule has 0 N–H and O–H groups in total. The minimum absolute atomic E-state index is 0.320.